The Morgan fingerprint density at radius 2 is 1.50 bits per heavy atom. The minimum atomic E-state index is -0.192. The average molecular weight is 503 g/mol. The van der Waals surface area contributed by atoms with Gasteiger partial charge < -0.3 is 16.0 Å². The second-order valence-electron chi connectivity index (χ2n) is 10.1. The summed E-state index contributed by atoms with van der Waals surface area (Å²) in [5.41, 5.74) is 12.0. The first-order valence-electron chi connectivity index (χ1n) is 13.0. The molecule has 0 aliphatic carbocycles. The van der Waals surface area contributed by atoms with E-state index in [0.717, 1.165) is 41.9 Å². The van der Waals surface area contributed by atoms with Crippen molar-refractivity contribution in [2.45, 2.75) is 25.0 Å². The van der Waals surface area contributed by atoms with Crippen LogP contribution in [0.25, 0.3) is 11.1 Å². The largest absolute Gasteiger partial charge is 0.326 e. The Labute approximate surface area is 222 Å². The zero-order chi connectivity index (χ0) is 26.1. The van der Waals surface area contributed by atoms with Crippen LogP contribution in [-0.4, -0.2) is 41.9 Å². The second kappa shape index (κ2) is 10.2. The first-order chi connectivity index (χ1) is 18.6. The number of hydrogen-bond acceptors (Lipinski definition) is 4. The van der Waals surface area contributed by atoms with Gasteiger partial charge in [-0.25, -0.2) is 0 Å². The molecule has 6 nitrogen and oxygen atoms in total. The molecule has 0 saturated carbocycles. The Bertz CT molecular complexity index is 1470. The van der Waals surface area contributed by atoms with Gasteiger partial charge in [0.15, 0.2) is 0 Å². The van der Waals surface area contributed by atoms with Gasteiger partial charge in [-0.3, -0.25) is 14.5 Å². The summed E-state index contributed by atoms with van der Waals surface area (Å²) >= 11 is 0. The average Bonchev–Trinajstić information content (AvgIpc) is 3.23. The Morgan fingerprint density at radius 1 is 0.789 bits per heavy atom. The molecule has 4 aromatic rings. The first kappa shape index (κ1) is 24.1. The fourth-order valence-electron chi connectivity index (χ4n) is 5.64. The molecule has 2 heterocycles. The van der Waals surface area contributed by atoms with E-state index in [2.05, 4.69) is 16.3 Å². The maximum absolute atomic E-state index is 13.7. The van der Waals surface area contributed by atoms with E-state index in [1.165, 1.54) is 0 Å². The summed E-state index contributed by atoms with van der Waals surface area (Å²) in [6.45, 7) is 2.26. The topological polar surface area (TPSA) is 78.7 Å². The third-order valence-corrected chi connectivity index (χ3v) is 7.50. The van der Waals surface area contributed by atoms with Crippen molar-refractivity contribution in [3.05, 3.63) is 120 Å². The molecule has 4 aromatic carbocycles. The van der Waals surface area contributed by atoms with Crippen LogP contribution in [0.1, 0.15) is 32.7 Å². The Morgan fingerprint density at radius 3 is 2.32 bits per heavy atom. The number of fused-ring (bicyclic) bond motifs is 2. The summed E-state index contributed by atoms with van der Waals surface area (Å²) in [6.07, 6.45) is 0.882. The van der Waals surface area contributed by atoms with E-state index in [9.17, 15) is 9.59 Å². The van der Waals surface area contributed by atoms with Gasteiger partial charge in [0, 0.05) is 54.2 Å². The molecule has 0 unspecified atom stereocenters. The molecule has 6 rings (SSSR count). The summed E-state index contributed by atoms with van der Waals surface area (Å²) in [5.74, 6) is -0.241. The molecule has 2 aliphatic rings. The SMILES string of the molecule is N[C@@H]1C[C@H]2CN(C(=O)c3ccc(NC(=O)c4ccccc4-c4ccccc4)cc3)c3ccccc3CN2C1. The van der Waals surface area contributed by atoms with Gasteiger partial charge in [0.25, 0.3) is 11.8 Å². The van der Waals surface area contributed by atoms with Crippen molar-refractivity contribution in [3.8, 4) is 11.1 Å². The van der Waals surface area contributed by atoms with Crippen molar-refractivity contribution in [2.24, 2.45) is 5.73 Å². The molecular weight excluding hydrogens is 472 g/mol. The highest BCUT2D eigenvalue weighted by Gasteiger charge is 2.36. The highest BCUT2D eigenvalue weighted by molar-refractivity contribution is 6.10. The zero-order valence-corrected chi connectivity index (χ0v) is 21.1. The molecule has 2 amide bonds. The predicted molar refractivity (Wildman–Crippen MR) is 151 cm³/mol. The van der Waals surface area contributed by atoms with Crippen LogP contribution in [0.2, 0.25) is 0 Å². The molecule has 1 fully saturated rings. The van der Waals surface area contributed by atoms with Gasteiger partial charge in [0.1, 0.15) is 0 Å². The summed E-state index contributed by atoms with van der Waals surface area (Å²) in [5, 5.41) is 2.99. The van der Waals surface area contributed by atoms with Crippen molar-refractivity contribution in [3.63, 3.8) is 0 Å². The number of hydrogen-bond donors (Lipinski definition) is 2. The van der Waals surface area contributed by atoms with E-state index in [4.69, 9.17) is 5.73 Å². The van der Waals surface area contributed by atoms with Gasteiger partial charge >= 0.3 is 0 Å². The Kier molecular flexibility index (Phi) is 6.50. The molecule has 38 heavy (non-hydrogen) atoms. The molecule has 0 bridgehead atoms. The monoisotopic (exact) mass is 502 g/mol. The molecule has 2 aliphatic heterocycles. The highest BCUT2D eigenvalue weighted by Crippen LogP contribution is 2.32. The van der Waals surface area contributed by atoms with Crippen molar-refractivity contribution >= 4 is 23.2 Å². The normalized spacial score (nSPS) is 18.8. The minimum absolute atomic E-state index is 0.0490. The molecule has 2 atom stereocenters. The third kappa shape index (κ3) is 4.72. The van der Waals surface area contributed by atoms with E-state index >= 15 is 0 Å². The van der Waals surface area contributed by atoms with Crippen LogP contribution < -0.4 is 16.0 Å². The summed E-state index contributed by atoms with van der Waals surface area (Å²) in [7, 11) is 0. The van der Waals surface area contributed by atoms with Gasteiger partial charge in [0.05, 0.1) is 0 Å². The molecule has 3 N–H and O–H groups in total. The van der Waals surface area contributed by atoms with E-state index in [-0.39, 0.29) is 23.9 Å². The number of para-hydroxylation sites is 1. The lowest BCUT2D eigenvalue weighted by Crippen LogP contribution is -2.40. The fraction of sp³-hybridized carbons (Fsp3) is 0.188. The fourth-order valence-corrected chi connectivity index (χ4v) is 5.64. The number of nitrogens with two attached hydrogens (primary N) is 1. The van der Waals surface area contributed by atoms with Crippen LogP contribution >= 0.6 is 0 Å². The highest BCUT2D eigenvalue weighted by atomic mass is 16.2. The summed E-state index contributed by atoms with van der Waals surface area (Å²) < 4.78 is 0. The van der Waals surface area contributed by atoms with E-state index in [1.54, 1.807) is 24.3 Å². The van der Waals surface area contributed by atoms with Gasteiger partial charge in [0.2, 0.25) is 0 Å². The lowest BCUT2D eigenvalue weighted by molar-refractivity contribution is 0.0980. The number of carbonyl (C=O) groups excluding carboxylic acids is 2. The van der Waals surface area contributed by atoms with Gasteiger partial charge in [-0.2, -0.15) is 0 Å². The number of carbonyl (C=O) groups is 2. The maximum Gasteiger partial charge on any atom is 0.258 e. The molecule has 6 heteroatoms. The van der Waals surface area contributed by atoms with Crippen molar-refractivity contribution in [2.75, 3.05) is 23.3 Å². The zero-order valence-electron chi connectivity index (χ0n) is 21.1. The van der Waals surface area contributed by atoms with Crippen LogP contribution in [-0.2, 0) is 6.54 Å². The molecule has 0 radical (unpaired) electrons. The van der Waals surface area contributed by atoms with Crippen molar-refractivity contribution in [1.82, 2.24) is 4.90 Å². The number of anilines is 2. The summed E-state index contributed by atoms with van der Waals surface area (Å²) in [6, 6.07) is 33.1. The number of nitrogens with zero attached hydrogens (tertiary/aromatic N) is 2. The molecule has 0 spiro atoms. The molecule has 1 saturated heterocycles. The van der Waals surface area contributed by atoms with Crippen molar-refractivity contribution < 1.29 is 9.59 Å². The quantitative estimate of drug-likeness (QED) is 0.404. The summed E-state index contributed by atoms with van der Waals surface area (Å²) in [4.78, 5) is 31.2. The Hall–Kier alpha value is -4.26. The Balaban J connectivity index is 1.22. The van der Waals surface area contributed by atoms with Crippen LogP contribution in [0, 0.1) is 0 Å². The first-order valence-corrected chi connectivity index (χ1v) is 13.0. The predicted octanol–water partition coefficient (Wildman–Crippen LogP) is 5.17. The van der Waals surface area contributed by atoms with Crippen LogP contribution in [0.4, 0.5) is 11.4 Å². The van der Waals surface area contributed by atoms with Crippen LogP contribution in [0.15, 0.2) is 103 Å². The van der Waals surface area contributed by atoms with Crippen LogP contribution in [0.5, 0.6) is 0 Å². The number of amides is 2. The van der Waals surface area contributed by atoms with Crippen LogP contribution in [0.3, 0.4) is 0 Å². The molecule has 190 valence electrons. The number of rotatable bonds is 4. The number of nitrogens with one attached hydrogen (secondary N) is 1. The maximum atomic E-state index is 13.7. The van der Waals surface area contributed by atoms with E-state index < -0.39 is 0 Å². The third-order valence-electron chi connectivity index (χ3n) is 7.50. The van der Waals surface area contributed by atoms with E-state index in [0.29, 0.717) is 23.4 Å². The minimum Gasteiger partial charge on any atom is -0.326 e. The van der Waals surface area contributed by atoms with Gasteiger partial charge in [-0.15, -0.1) is 0 Å². The van der Waals surface area contributed by atoms with Gasteiger partial charge in [-0.1, -0.05) is 66.7 Å². The number of benzene rings is 4. The van der Waals surface area contributed by atoms with Gasteiger partial charge in [-0.05, 0) is 59.5 Å². The van der Waals surface area contributed by atoms with Crippen molar-refractivity contribution in [1.29, 1.82) is 0 Å². The molecule has 0 aromatic heterocycles. The van der Waals surface area contributed by atoms with E-state index in [1.807, 2.05) is 77.7 Å². The lowest BCUT2D eigenvalue weighted by atomic mass is 9.99. The lowest BCUT2D eigenvalue weighted by Gasteiger charge is -2.26. The molecular formula is C32H30N4O2. The standard InChI is InChI=1S/C32H30N4O2/c33-25-18-27-21-36(30-13-7-4-10-24(30)19-35(27)20-25)32(38)23-14-16-26(17-15-23)34-31(37)29-12-6-5-11-28(29)22-8-2-1-3-9-22/h1-17,25,27H,18-21,33H2,(H,34,37)/t25-,27+/m1/s1. The smallest absolute Gasteiger partial charge is 0.258 e. The second-order valence-corrected chi connectivity index (χ2v) is 10.1.